The number of unbranched alkanes of at least 4 members (excludes halogenated alkanes) is 2. The van der Waals surface area contributed by atoms with E-state index in [0.29, 0.717) is 5.92 Å². The summed E-state index contributed by atoms with van der Waals surface area (Å²) in [4.78, 5) is 0. The van der Waals surface area contributed by atoms with Crippen LogP contribution < -0.4 is 0 Å². The van der Waals surface area contributed by atoms with Crippen LogP contribution in [-0.4, -0.2) is 11.2 Å². The van der Waals surface area contributed by atoms with Crippen molar-refractivity contribution in [3.8, 4) is 0 Å². The molecule has 0 heterocycles. The van der Waals surface area contributed by atoms with Crippen molar-refractivity contribution < 1.29 is 5.11 Å². The van der Waals surface area contributed by atoms with Crippen molar-refractivity contribution in [1.82, 2.24) is 0 Å². The second kappa shape index (κ2) is 6.58. The average molecular weight is 236 g/mol. The minimum Gasteiger partial charge on any atom is -0.388 e. The maximum Gasteiger partial charge on any atom is 0.0780 e. The van der Waals surface area contributed by atoms with E-state index >= 15 is 0 Å². The Morgan fingerprint density at radius 2 is 1.82 bits per heavy atom. The lowest BCUT2D eigenvalue weighted by molar-refractivity contribution is 0.153. The zero-order chi connectivity index (χ0) is 12.1. The van der Waals surface area contributed by atoms with Crippen LogP contribution in [0.1, 0.15) is 77.6 Å². The van der Waals surface area contributed by atoms with E-state index in [0.717, 1.165) is 0 Å². The van der Waals surface area contributed by atoms with Gasteiger partial charge in [-0.2, -0.15) is 0 Å². The number of hydrogen-bond donors (Lipinski definition) is 1. The van der Waals surface area contributed by atoms with Crippen LogP contribution in [-0.2, 0) is 0 Å². The topological polar surface area (TPSA) is 20.2 Å². The summed E-state index contributed by atoms with van der Waals surface area (Å²) in [6.45, 7) is 2.25. The highest BCUT2D eigenvalue weighted by molar-refractivity contribution is 5.23. The molecular formula is C16H28O. The summed E-state index contributed by atoms with van der Waals surface area (Å²) in [5.74, 6) is 0.575. The highest BCUT2D eigenvalue weighted by Crippen LogP contribution is 2.39. The Labute approximate surface area is 106 Å². The second-order valence-corrected chi connectivity index (χ2v) is 5.93. The van der Waals surface area contributed by atoms with Gasteiger partial charge >= 0.3 is 0 Å². The second-order valence-electron chi connectivity index (χ2n) is 5.93. The molecule has 1 heteroatoms. The maximum absolute atomic E-state index is 10.4. The molecule has 0 radical (unpaired) electrons. The monoisotopic (exact) mass is 236 g/mol. The molecule has 0 aliphatic heterocycles. The highest BCUT2D eigenvalue weighted by atomic mass is 16.3. The van der Waals surface area contributed by atoms with Crippen molar-refractivity contribution in [3.05, 3.63) is 11.1 Å². The van der Waals surface area contributed by atoms with Crippen molar-refractivity contribution in [2.24, 2.45) is 5.92 Å². The van der Waals surface area contributed by atoms with Gasteiger partial charge < -0.3 is 5.11 Å². The maximum atomic E-state index is 10.4. The first-order valence-corrected chi connectivity index (χ1v) is 7.71. The fraction of sp³-hybridized carbons (Fsp3) is 0.875. The summed E-state index contributed by atoms with van der Waals surface area (Å²) in [7, 11) is 0. The molecule has 1 N–H and O–H groups in total. The molecule has 2 atom stereocenters. The Bertz CT molecular complexity index is 259. The van der Waals surface area contributed by atoms with Crippen LogP contribution in [0, 0.1) is 5.92 Å². The van der Waals surface area contributed by atoms with Gasteiger partial charge in [-0.25, -0.2) is 0 Å². The lowest BCUT2D eigenvalue weighted by Gasteiger charge is -2.21. The quantitative estimate of drug-likeness (QED) is 0.559. The van der Waals surface area contributed by atoms with E-state index < -0.39 is 0 Å². The van der Waals surface area contributed by atoms with Crippen LogP contribution in [0.2, 0.25) is 0 Å². The van der Waals surface area contributed by atoms with Crippen molar-refractivity contribution >= 4 is 0 Å². The van der Waals surface area contributed by atoms with Gasteiger partial charge in [0.2, 0.25) is 0 Å². The molecule has 2 aliphatic carbocycles. The molecule has 2 saturated carbocycles. The van der Waals surface area contributed by atoms with Crippen molar-refractivity contribution in [3.63, 3.8) is 0 Å². The number of aliphatic hydroxyl groups excluding tert-OH is 1. The van der Waals surface area contributed by atoms with Gasteiger partial charge in [-0.15, -0.1) is 0 Å². The standard InChI is InChI=1S/C16H28O/c1-2-3-5-10-14-11-12-15(16(14)17)13-8-6-4-7-9-13/h14,16-17H,2-12H2,1H3. The molecule has 2 rings (SSSR count). The van der Waals surface area contributed by atoms with E-state index in [4.69, 9.17) is 0 Å². The molecule has 2 fully saturated rings. The van der Waals surface area contributed by atoms with Crippen molar-refractivity contribution in [1.29, 1.82) is 0 Å². The lowest BCUT2D eigenvalue weighted by atomic mass is 9.88. The molecule has 0 aromatic heterocycles. The van der Waals surface area contributed by atoms with Gasteiger partial charge in [0, 0.05) is 0 Å². The highest BCUT2D eigenvalue weighted by Gasteiger charge is 2.31. The zero-order valence-electron chi connectivity index (χ0n) is 11.4. The van der Waals surface area contributed by atoms with E-state index in [2.05, 4.69) is 6.92 Å². The molecule has 0 aromatic rings. The number of aliphatic hydroxyl groups is 1. The Hall–Kier alpha value is -0.300. The Balaban J connectivity index is 1.89. The fourth-order valence-corrected chi connectivity index (χ4v) is 3.58. The summed E-state index contributed by atoms with van der Waals surface area (Å²) >= 11 is 0. The molecule has 2 aliphatic rings. The van der Waals surface area contributed by atoms with Gasteiger partial charge in [0.05, 0.1) is 6.10 Å². The molecule has 1 nitrogen and oxygen atoms in total. The predicted octanol–water partition coefficient (Wildman–Crippen LogP) is 4.60. The molecule has 98 valence electrons. The molecule has 0 bridgehead atoms. The minimum atomic E-state index is -0.0834. The van der Waals surface area contributed by atoms with E-state index in [1.807, 2.05) is 0 Å². The van der Waals surface area contributed by atoms with E-state index in [-0.39, 0.29) is 6.10 Å². The van der Waals surface area contributed by atoms with Crippen LogP contribution in [0.15, 0.2) is 11.1 Å². The number of rotatable bonds is 4. The number of hydrogen-bond acceptors (Lipinski definition) is 1. The first-order chi connectivity index (χ1) is 8.33. The Morgan fingerprint density at radius 3 is 2.53 bits per heavy atom. The summed E-state index contributed by atoms with van der Waals surface area (Å²) in [5.41, 5.74) is 3.08. The molecular weight excluding hydrogens is 208 g/mol. The van der Waals surface area contributed by atoms with E-state index in [1.165, 1.54) is 76.2 Å². The summed E-state index contributed by atoms with van der Waals surface area (Å²) in [5, 5.41) is 10.4. The molecule has 0 spiro atoms. The Kier molecular flexibility index (Phi) is 5.09. The SMILES string of the molecule is CCCCCC1CCC(=C2CCCCC2)C1O. The van der Waals surface area contributed by atoms with Crippen LogP contribution in [0.25, 0.3) is 0 Å². The lowest BCUT2D eigenvalue weighted by Crippen LogP contribution is -2.16. The third-order valence-corrected chi connectivity index (χ3v) is 4.68. The molecule has 0 aromatic carbocycles. The van der Waals surface area contributed by atoms with Gasteiger partial charge in [0.15, 0.2) is 0 Å². The summed E-state index contributed by atoms with van der Waals surface area (Å²) in [6.07, 6.45) is 14.2. The largest absolute Gasteiger partial charge is 0.388 e. The number of allylic oxidation sites excluding steroid dienone is 1. The molecule has 17 heavy (non-hydrogen) atoms. The van der Waals surface area contributed by atoms with Crippen LogP contribution in [0.3, 0.4) is 0 Å². The van der Waals surface area contributed by atoms with Crippen LogP contribution in [0.4, 0.5) is 0 Å². The summed E-state index contributed by atoms with van der Waals surface area (Å²) in [6, 6.07) is 0. The third-order valence-electron chi connectivity index (χ3n) is 4.68. The smallest absolute Gasteiger partial charge is 0.0780 e. The zero-order valence-corrected chi connectivity index (χ0v) is 11.4. The van der Waals surface area contributed by atoms with Gasteiger partial charge in [-0.05, 0) is 56.4 Å². The predicted molar refractivity (Wildman–Crippen MR) is 73.0 cm³/mol. The van der Waals surface area contributed by atoms with Crippen LogP contribution in [0.5, 0.6) is 0 Å². The average Bonchev–Trinajstić information content (AvgIpc) is 2.73. The molecule has 0 saturated heterocycles. The van der Waals surface area contributed by atoms with E-state index in [1.54, 1.807) is 5.57 Å². The van der Waals surface area contributed by atoms with Gasteiger partial charge in [0.25, 0.3) is 0 Å². The third kappa shape index (κ3) is 3.34. The minimum absolute atomic E-state index is 0.0834. The van der Waals surface area contributed by atoms with Gasteiger partial charge in [0.1, 0.15) is 0 Å². The van der Waals surface area contributed by atoms with Crippen molar-refractivity contribution in [2.75, 3.05) is 0 Å². The molecule has 0 amide bonds. The fourth-order valence-electron chi connectivity index (χ4n) is 3.58. The van der Waals surface area contributed by atoms with Crippen molar-refractivity contribution in [2.45, 2.75) is 83.7 Å². The van der Waals surface area contributed by atoms with Gasteiger partial charge in [-0.1, -0.05) is 38.2 Å². The van der Waals surface area contributed by atoms with E-state index in [9.17, 15) is 5.11 Å². The Morgan fingerprint density at radius 1 is 1.06 bits per heavy atom. The van der Waals surface area contributed by atoms with Gasteiger partial charge in [-0.3, -0.25) is 0 Å². The first-order valence-electron chi connectivity index (χ1n) is 7.71. The normalized spacial score (nSPS) is 30.0. The summed E-state index contributed by atoms with van der Waals surface area (Å²) < 4.78 is 0. The van der Waals surface area contributed by atoms with Crippen LogP contribution >= 0.6 is 0 Å². The molecule has 2 unspecified atom stereocenters. The first kappa shape index (κ1) is 13.1.